The van der Waals surface area contributed by atoms with Crippen LogP contribution < -0.4 is 16.0 Å². The van der Waals surface area contributed by atoms with Gasteiger partial charge in [-0.05, 0) is 67.6 Å². The first kappa shape index (κ1) is 25.3. The Kier molecular flexibility index (Phi) is 7.93. The van der Waals surface area contributed by atoms with E-state index < -0.39 is 5.92 Å². The van der Waals surface area contributed by atoms with E-state index in [1.165, 1.54) is 23.1 Å². The van der Waals surface area contributed by atoms with E-state index in [1.54, 1.807) is 0 Å². The molecule has 2 aromatic carbocycles. The van der Waals surface area contributed by atoms with Crippen LogP contribution in [-0.4, -0.2) is 17.6 Å². The average Bonchev–Trinajstić information content (AvgIpc) is 3.37. The van der Waals surface area contributed by atoms with Crippen LogP contribution in [0.3, 0.4) is 0 Å². The first-order chi connectivity index (χ1) is 17.4. The summed E-state index contributed by atoms with van der Waals surface area (Å²) in [6.45, 7) is 5.79. The summed E-state index contributed by atoms with van der Waals surface area (Å²) in [5.74, 6) is -0.839. The molecule has 2 heterocycles. The fraction of sp³-hybridized carbons (Fsp3) is 0.179. The van der Waals surface area contributed by atoms with Gasteiger partial charge in [-0.3, -0.25) is 9.59 Å². The lowest BCUT2D eigenvalue weighted by Crippen LogP contribution is -2.30. The highest BCUT2D eigenvalue weighted by Crippen LogP contribution is 2.42. The topological polar surface area (TPSA) is 94.0 Å². The van der Waals surface area contributed by atoms with Gasteiger partial charge in [0, 0.05) is 27.5 Å². The molecule has 1 aliphatic heterocycles. The summed E-state index contributed by atoms with van der Waals surface area (Å²) in [6.07, 6.45) is 0. The number of nitriles is 1. The number of nitrogens with zero attached hydrogens (tertiary/aromatic N) is 1. The normalized spacial score (nSPS) is 15.2. The van der Waals surface area contributed by atoms with Gasteiger partial charge in [0.25, 0.3) is 5.91 Å². The molecule has 8 heteroatoms. The predicted octanol–water partition coefficient (Wildman–Crippen LogP) is 6.07. The van der Waals surface area contributed by atoms with Crippen LogP contribution in [0.1, 0.15) is 28.8 Å². The maximum atomic E-state index is 13.4. The van der Waals surface area contributed by atoms with E-state index in [9.17, 15) is 14.9 Å². The van der Waals surface area contributed by atoms with Crippen LogP contribution in [0.5, 0.6) is 0 Å². The van der Waals surface area contributed by atoms with Crippen LogP contribution in [0.4, 0.5) is 11.4 Å². The summed E-state index contributed by atoms with van der Waals surface area (Å²) in [6, 6.07) is 21.3. The highest BCUT2D eigenvalue weighted by atomic mass is 32.2. The summed E-state index contributed by atoms with van der Waals surface area (Å²) in [7, 11) is 0. The lowest BCUT2D eigenvalue weighted by molar-refractivity contribution is -0.114. The summed E-state index contributed by atoms with van der Waals surface area (Å²) in [5.41, 5.74) is 5.13. The van der Waals surface area contributed by atoms with Gasteiger partial charge in [0.2, 0.25) is 5.91 Å². The van der Waals surface area contributed by atoms with E-state index in [0.29, 0.717) is 27.6 Å². The van der Waals surface area contributed by atoms with Crippen LogP contribution in [-0.2, 0) is 9.59 Å². The van der Waals surface area contributed by atoms with Crippen molar-refractivity contribution in [2.24, 2.45) is 0 Å². The van der Waals surface area contributed by atoms with Gasteiger partial charge in [-0.2, -0.15) is 5.26 Å². The average molecular weight is 515 g/mol. The van der Waals surface area contributed by atoms with Crippen molar-refractivity contribution in [1.29, 1.82) is 5.26 Å². The van der Waals surface area contributed by atoms with Crippen molar-refractivity contribution in [2.75, 3.05) is 16.4 Å². The molecule has 0 saturated carbocycles. The van der Waals surface area contributed by atoms with E-state index in [1.807, 2.05) is 86.8 Å². The molecule has 1 unspecified atom stereocenters. The number of hydrogen-bond donors (Lipinski definition) is 3. The Morgan fingerprint density at radius 2 is 1.72 bits per heavy atom. The van der Waals surface area contributed by atoms with Gasteiger partial charge >= 0.3 is 0 Å². The Morgan fingerprint density at radius 1 is 1.00 bits per heavy atom. The molecule has 36 heavy (non-hydrogen) atoms. The Bertz CT molecular complexity index is 1370. The number of allylic oxidation sites excluding steroid dienone is 2. The first-order valence-corrected chi connectivity index (χ1v) is 13.2. The van der Waals surface area contributed by atoms with Crippen LogP contribution in [0.15, 0.2) is 87.9 Å². The smallest absolute Gasteiger partial charge is 0.254 e. The molecule has 3 N–H and O–H groups in total. The quantitative estimate of drug-likeness (QED) is 0.356. The van der Waals surface area contributed by atoms with E-state index in [0.717, 1.165) is 21.7 Å². The minimum atomic E-state index is -0.523. The van der Waals surface area contributed by atoms with E-state index in [-0.39, 0.29) is 17.6 Å². The fourth-order valence-electron chi connectivity index (χ4n) is 4.17. The molecule has 0 fully saturated rings. The molecule has 0 saturated heterocycles. The maximum absolute atomic E-state index is 13.4. The number of dihydropyridines is 1. The van der Waals surface area contributed by atoms with Crippen molar-refractivity contribution in [3.63, 3.8) is 0 Å². The molecular formula is C28H26N4O2S2. The second-order valence-electron chi connectivity index (χ2n) is 8.50. The third-order valence-corrected chi connectivity index (χ3v) is 7.56. The molecule has 0 aliphatic carbocycles. The Morgan fingerprint density at radius 3 is 2.36 bits per heavy atom. The van der Waals surface area contributed by atoms with Crippen LogP contribution in [0.2, 0.25) is 0 Å². The van der Waals surface area contributed by atoms with Crippen molar-refractivity contribution in [3.8, 4) is 6.07 Å². The number of para-hydroxylation sites is 1. The Balaban J connectivity index is 1.57. The molecular weight excluding hydrogens is 488 g/mol. The first-order valence-electron chi connectivity index (χ1n) is 11.4. The van der Waals surface area contributed by atoms with Crippen molar-refractivity contribution < 1.29 is 9.59 Å². The lowest BCUT2D eigenvalue weighted by atomic mass is 9.86. The summed E-state index contributed by atoms with van der Waals surface area (Å²) in [4.78, 5) is 27.0. The number of amides is 2. The van der Waals surface area contributed by atoms with Gasteiger partial charge in [0.05, 0.1) is 28.3 Å². The third kappa shape index (κ3) is 5.88. The van der Waals surface area contributed by atoms with Gasteiger partial charge in [0.15, 0.2) is 0 Å². The van der Waals surface area contributed by atoms with E-state index >= 15 is 0 Å². The molecule has 6 nitrogen and oxygen atoms in total. The third-order valence-electron chi connectivity index (χ3n) is 5.60. The molecule has 1 aromatic heterocycles. The largest absolute Gasteiger partial charge is 0.353 e. The molecule has 3 aromatic rings. The van der Waals surface area contributed by atoms with Gasteiger partial charge in [0.1, 0.15) is 0 Å². The number of nitrogens with one attached hydrogen (secondary N) is 3. The molecule has 182 valence electrons. The van der Waals surface area contributed by atoms with Crippen molar-refractivity contribution in [2.45, 2.75) is 26.7 Å². The number of hydrogen-bond acceptors (Lipinski definition) is 6. The van der Waals surface area contributed by atoms with Gasteiger partial charge in [-0.25, -0.2) is 0 Å². The van der Waals surface area contributed by atoms with E-state index in [4.69, 9.17) is 0 Å². The number of thiophene rings is 1. The fourth-order valence-corrected chi connectivity index (χ4v) is 5.90. The van der Waals surface area contributed by atoms with Gasteiger partial charge in [-0.1, -0.05) is 42.1 Å². The van der Waals surface area contributed by atoms with Gasteiger partial charge < -0.3 is 16.0 Å². The lowest BCUT2D eigenvalue weighted by Gasteiger charge is -2.29. The number of anilines is 2. The molecule has 0 bridgehead atoms. The highest BCUT2D eigenvalue weighted by molar-refractivity contribution is 8.03. The Labute approximate surface area is 219 Å². The molecule has 2 amide bonds. The van der Waals surface area contributed by atoms with Crippen molar-refractivity contribution >= 4 is 46.3 Å². The molecule has 1 aliphatic rings. The number of aryl methyl sites for hydroxylation is 2. The monoisotopic (exact) mass is 514 g/mol. The molecule has 0 radical (unpaired) electrons. The summed E-state index contributed by atoms with van der Waals surface area (Å²) >= 11 is 2.75. The zero-order chi connectivity index (χ0) is 25.7. The molecule has 4 rings (SSSR count). The number of carbonyl (C=O) groups is 2. The van der Waals surface area contributed by atoms with Crippen LogP contribution in [0, 0.1) is 25.2 Å². The second-order valence-corrected chi connectivity index (χ2v) is 10.5. The number of benzene rings is 2. The number of carbonyl (C=O) groups excluding carboxylic acids is 2. The minimum Gasteiger partial charge on any atom is -0.353 e. The summed E-state index contributed by atoms with van der Waals surface area (Å²) in [5, 5.41) is 21.8. The zero-order valence-corrected chi connectivity index (χ0v) is 21.8. The highest BCUT2D eigenvalue weighted by Gasteiger charge is 2.35. The Hall–Kier alpha value is -3.80. The number of thioether (sulfide) groups is 1. The van der Waals surface area contributed by atoms with E-state index in [2.05, 4.69) is 22.0 Å². The van der Waals surface area contributed by atoms with Crippen LogP contribution in [0.25, 0.3) is 0 Å². The molecule has 0 spiro atoms. The minimum absolute atomic E-state index is 0.122. The second kappa shape index (κ2) is 11.3. The SMILES string of the molecule is CC1=C(C(=O)Nc2ccccc2)C(c2cccs2)C(C#N)=C(SCC(=O)Nc2cc(C)cc(C)c2)N1. The van der Waals surface area contributed by atoms with Crippen molar-refractivity contribution in [1.82, 2.24) is 5.32 Å². The van der Waals surface area contributed by atoms with Crippen LogP contribution >= 0.6 is 23.1 Å². The van der Waals surface area contributed by atoms with Gasteiger partial charge in [-0.15, -0.1) is 11.3 Å². The zero-order valence-electron chi connectivity index (χ0n) is 20.2. The maximum Gasteiger partial charge on any atom is 0.254 e. The summed E-state index contributed by atoms with van der Waals surface area (Å²) < 4.78 is 0. The standard InChI is InChI=1S/C28H26N4O2S2/c1-17-12-18(2)14-21(13-17)31-24(33)16-36-28-22(15-29)26(23-10-7-11-35-23)25(19(3)30-28)27(34)32-20-8-5-4-6-9-20/h4-14,26,30H,16H2,1-3H3,(H,31,33)(H,32,34). The van der Waals surface area contributed by atoms with Crippen molar-refractivity contribution in [3.05, 3.63) is 104 Å². The molecule has 1 atom stereocenters. The number of rotatable bonds is 7. The predicted molar refractivity (Wildman–Crippen MR) is 148 cm³/mol.